The second kappa shape index (κ2) is 7.96. The van der Waals surface area contributed by atoms with Gasteiger partial charge in [-0.2, -0.15) is 0 Å². The minimum absolute atomic E-state index is 0.237. The van der Waals surface area contributed by atoms with Crippen LogP contribution in [0, 0.1) is 0 Å². The Morgan fingerprint density at radius 1 is 1.04 bits per heavy atom. The quantitative estimate of drug-likeness (QED) is 0.817. The zero-order chi connectivity index (χ0) is 18.6. The number of amides is 2. The molecular weight excluding hydrogens is 366 g/mol. The van der Waals surface area contributed by atoms with Crippen LogP contribution in [0.5, 0.6) is 11.5 Å². The lowest BCUT2D eigenvalue weighted by Crippen LogP contribution is -2.32. The van der Waals surface area contributed by atoms with Crippen molar-refractivity contribution in [1.82, 2.24) is 5.32 Å². The van der Waals surface area contributed by atoms with Gasteiger partial charge in [0.25, 0.3) is 0 Å². The zero-order valence-corrected chi connectivity index (χ0v) is 15.7. The molecule has 2 aliphatic rings. The molecule has 0 bridgehead atoms. The maximum atomic E-state index is 12.4. The van der Waals surface area contributed by atoms with E-state index >= 15 is 0 Å². The molecule has 0 spiro atoms. The van der Waals surface area contributed by atoms with Crippen LogP contribution in [0.25, 0.3) is 0 Å². The number of piperidine rings is 1. The first kappa shape index (κ1) is 17.8. The third-order valence-electron chi connectivity index (χ3n) is 4.79. The first-order valence-electron chi connectivity index (χ1n) is 9.17. The average Bonchev–Trinajstić information content (AvgIpc) is 3.15. The lowest BCUT2D eigenvalue weighted by Gasteiger charge is -2.30. The fourth-order valence-electron chi connectivity index (χ4n) is 3.42. The van der Waals surface area contributed by atoms with E-state index in [1.165, 1.54) is 19.3 Å². The summed E-state index contributed by atoms with van der Waals surface area (Å²) >= 11 is 6.15. The molecule has 0 aromatic heterocycles. The van der Waals surface area contributed by atoms with Gasteiger partial charge in [-0.05, 0) is 55.2 Å². The Labute approximate surface area is 163 Å². The molecule has 2 aromatic carbocycles. The molecule has 0 radical (unpaired) electrons. The Bertz CT molecular complexity index is 837. The lowest BCUT2D eigenvalue weighted by molar-refractivity contribution is 0.174. The van der Waals surface area contributed by atoms with Gasteiger partial charge in [0.2, 0.25) is 6.79 Å². The van der Waals surface area contributed by atoms with E-state index in [0.717, 1.165) is 35.8 Å². The Morgan fingerprint density at radius 2 is 1.85 bits per heavy atom. The number of benzene rings is 2. The van der Waals surface area contributed by atoms with Crippen LogP contribution in [-0.2, 0) is 6.54 Å². The van der Waals surface area contributed by atoms with E-state index in [0.29, 0.717) is 17.3 Å². The highest BCUT2D eigenvalue weighted by molar-refractivity contribution is 6.31. The van der Waals surface area contributed by atoms with E-state index < -0.39 is 0 Å². The van der Waals surface area contributed by atoms with Gasteiger partial charge >= 0.3 is 6.03 Å². The largest absolute Gasteiger partial charge is 0.454 e. The van der Waals surface area contributed by atoms with Crippen LogP contribution >= 0.6 is 11.6 Å². The number of hydrogen-bond donors (Lipinski definition) is 2. The molecule has 0 atom stereocenters. The molecule has 142 valence electrons. The lowest BCUT2D eigenvalue weighted by atomic mass is 10.1. The number of carbonyl (C=O) groups is 1. The number of anilines is 2. The van der Waals surface area contributed by atoms with Crippen molar-refractivity contribution >= 4 is 29.0 Å². The van der Waals surface area contributed by atoms with Crippen LogP contribution in [0.15, 0.2) is 36.4 Å². The second-order valence-corrected chi connectivity index (χ2v) is 7.14. The average molecular weight is 388 g/mol. The number of hydrogen-bond acceptors (Lipinski definition) is 4. The summed E-state index contributed by atoms with van der Waals surface area (Å²) in [5.74, 6) is 1.44. The first-order valence-corrected chi connectivity index (χ1v) is 9.55. The number of halogens is 1. The Balaban J connectivity index is 1.41. The van der Waals surface area contributed by atoms with Crippen LogP contribution in [0.3, 0.4) is 0 Å². The smallest absolute Gasteiger partial charge is 0.319 e. The van der Waals surface area contributed by atoms with E-state index in [1.807, 2.05) is 30.3 Å². The van der Waals surface area contributed by atoms with Crippen LogP contribution in [-0.4, -0.2) is 25.9 Å². The number of rotatable bonds is 4. The van der Waals surface area contributed by atoms with Crippen LogP contribution in [0.2, 0.25) is 5.02 Å². The molecular formula is C20H22ClN3O3. The van der Waals surface area contributed by atoms with Crippen molar-refractivity contribution in [3.63, 3.8) is 0 Å². The molecule has 0 unspecified atom stereocenters. The van der Waals surface area contributed by atoms with E-state index in [9.17, 15) is 4.79 Å². The molecule has 1 saturated heterocycles. The van der Waals surface area contributed by atoms with Gasteiger partial charge in [-0.1, -0.05) is 17.7 Å². The summed E-state index contributed by atoms with van der Waals surface area (Å²) in [6.07, 6.45) is 3.58. The summed E-state index contributed by atoms with van der Waals surface area (Å²) in [4.78, 5) is 14.7. The SMILES string of the molecule is O=C(NCc1ccc2c(c1)OCO2)Nc1cc(Cl)ccc1N1CCCCC1. The van der Waals surface area contributed by atoms with Crippen molar-refractivity contribution in [2.24, 2.45) is 0 Å². The maximum Gasteiger partial charge on any atom is 0.319 e. The molecule has 1 fully saturated rings. The van der Waals surface area contributed by atoms with Gasteiger partial charge in [-0.25, -0.2) is 4.79 Å². The van der Waals surface area contributed by atoms with E-state index in [2.05, 4.69) is 15.5 Å². The fourth-order valence-corrected chi connectivity index (χ4v) is 3.59. The minimum Gasteiger partial charge on any atom is -0.454 e. The molecule has 2 aromatic rings. The Hall–Kier alpha value is -2.60. The summed E-state index contributed by atoms with van der Waals surface area (Å²) in [6, 6.07) is 11.0. The third-order valence-corrected chi connectivity index (χ3v) is 5.03. The van der Waals surface area contributed by atoms with Crippen LogP contribution in [0.4, 0.5) is 16.2 Å². The monoisotopic (exact) mass is 387 g/mol. The van der Waals surface area contributed by atoms with Crippen molar-refractivity contribution in [2.45, 2.75) is 25.8 Å². The number of carbonyl (C=O) groups excluding carboxylic acids is 1. The van der Waals surface area contributed by atoms with Gasteiger partial charge in [-0.15, -0.1) is 0 Å². The molecule has 0 saturated carbocycles. The summed E-state index contributed by atoms with van der Waals surface area (Å²) in [6.45, 7) is 2.62. The van der Waals surface area contributed by atoms with Gasteiger partial charge in [0.05, 0.1) is 11.4 Å². The van der Waals surface area contributed by atoms with Crippen molar-refractivity contribution in [1.29, 1.82) is 0 Å². The topological polar surface area (TPSA) is 62.8 Å². The second-order valence-electron chi connectivity index (χ2n) is 6.70. The molecule has 2 heterocycles. The number of urea groups is 1. The highest BCUT2D eigenvalue weighted by Crippen LogP contribution is 2.33. The molecule has 2 N–H and O–H groups in total. The molecule has 4 rings (SSSR count). The molecule has 0 aliphatic carbocycles. The van der Waals surface area contributed by atoms with Gasteiger partial charge in [0.1, 0.15) is 0 Å². The van der Waals surface area contributed by atoms with Gasteiger partial charge in [-0.3, -0.25) is 0 Å². The molecule has 7 heteroatoms. The highest BCUT2D eigenvalue weighted by Gasteiger charge is 2.17. The predicted octanol–water partition coefficient (Wildman–Crippen LogP) is 4.38. The zero-order valence-electron chi connectivity index (χ0n) is 15.0. The molecule has 27 heavy (non-hydrogen) atoms. The highest BCUT2D eigenvalue weighted by atomic mass is 35.5. The number of ether oxygens (including phenoxy) is 2. The first-order chi connectivity index (χ1) is 13.2. The predicted molar refractivity (Wildman–Crippen MR) is 106 cm³/mol. The third kappa shape index (κ3) is 4.22. The number of fused-ring (bicyclic) bond motifs is 1. The summed E-state index contributed by atoms with van der Waals surface area (Å²) < 4.78 is 10.7. The van der Waals surface area contributed by atoms with Gasteiger partial charge in [0.15, 0.2) is 11.5 Å². The summed E-state index contributed by atoms with van der Waals surface area (Å²) in [5.41, 5.74) is 2.68. The normalized spacial score (nSPS) is 15.5. The molecule has 2 amide bonds. The summed E-state index contributed by atoms with van der Waals surface area (Å²) in [5, 5.41) is 6.42. The minimum atomic E-state index is -0.270. The number of nitrogens with zero attached hydrogens (tertiary/aromatic N) is 1. The fraction of sp³-hybridized carbons (Fsp3) is 0.350. The number of nitrogens with one attached hydrogen (secondary N) is 2. The van der Waals surface area contributed by atoms with E-state index in [4.69, 9.17) is 21.1 Å². The van der Waals surface area contributed by atoms with Crippen molar-refractivity contribution in [3.8, 4) is 11.5 Å². The molecule has 6 nitrogen and oxygen atoms in total. The van der Waals surface area contributed by atoms with Gasteiger partial charge < -0.3 is 25.0 Å². The van der Waals surface area contributed by atoms with Crippen LogP contribution < -0.4 is 25.0 Å². The standard InChI is InChI=1S/C20H22ClN3O3/c21-15-5-6-17(24-8-2-1-3-9-24)16(11-15)23-20(25)22-12-14-4-7-18-19(10-14)27-13-26-18/h4-7,10-11H,1-3,8-9,12-13H2,(H2,22,23,25). The Kier molecular flexibility index (Phi) is 5.25. The van der Waals surface area contributed by atoms with E-state index in [-0.39, 0.29) is 12.8 Å². The van der Waals surface area contributed by atoms with Crippen LogP contribution in [0.1, 0.15) is 24.8 Å². The maximum absolute atomic E-state index is 12.4. The van der Waals surface area contributed by atoms with Crippen molar-refractivity contribution in [2.75, 3.05) is 30.1 Å². The Morgan fingerprint density at radius 3 is 2.70 bits per heavy atom. The van der Waals surface area contributed by atoms with E-state index in [1.54, 1.807) is 6.07 Å². The van der Waals surface area contributed by atoms with Crippen molar-refractivity contribution < 1.29 is 14.3 Å². The molecule has 2 aliphatic heterocycles. The summed E-state index contributed by atoms with van der Waals surface area (Å²) in [7, 11) is 0. The van der Waals surface area contributed by atoms with Gasteiger partial charge in [0, 0.05) is 24.7 Å². The van der Waals surface area contributed by atoms with Crippen molar-refractivity contribution in [3.05, 3.63) is 47.0 Å².